The zero-order valence-electron chi connectivity index (χ0n) is 12.0. The number of nitrogens with zero attached hydrogens (tertiary/aromatic N) is 2. The Morgan fingerprint density at radius 2 is 1.86 bits per heavy atom. The van der Waals surface area contributed by atoms with Gasteiger partial charge in [-0.05, 0) is 50.3 Å². The van der Waals surface area contributed by atoms with E-state index >= 15 is 0 Å². The topological polar surface area (TPSA) is 17.8 Å². The molecule has 1 aromatic carbocycles. The van der Waals surface area contributed by atoms with Gasteiger partial charge >= 0.3 is 6.18 Å². The van der Waals surface area contributed by atoms with Crippen molar-refractivity contribution in [2.75, 3.05) is 0 Å². The van der Waals surface area contributed by atoms with Crippen LogP contribution in [-0.2, 0) is 19.0 Å². The molecule has 0 bridgehead atoms. The SMILES string of the molecule is CC(C)n1cc(C(F)(F)F)nc1-c1ccc2c(c1)CCC2. The number of benzene rings is 1. The highest BCUT2D eigenvalue weighted by molar-refractivity contribution is 5.59. The molecule has 3 rings (SSSR count). The lowest BCUT2D eigenvalue weighted by molar-refractivity contribution is -0.140. The highest BCUT2D eigenvalue weighted by atomic mass is 19.4. The fourth-order valence-corrected chi connectivity index (χ4v) is 2.85. The van der Waals surface area contributed by atoms with E-state index in [9.17, 15) is 13.2 Å². The van der Waals surface area contributed by atoms with E-state index < -0.39 is 11.9 Å². The first kappa shape index (κ1) is 14.2. The number of halogens is 3. The van der Waals surface area contributed by atoms with Crippen LogP contribution in [0.2, 0.25) is 0 Å². The van der Waals surface area contributed by atoms with E-state index in [2.05, 4.69) is 4.98 Å². The molecular weight excluding hydrogens is 277 g/mol. The smallest absolute Gasteiger partial charge is 0.328 e. The van der Waals surface area contributed by atoms with E-state index in [-0.39, 0.29) is 6.04 Å². The third-order valence-corrected chi connectivity index (χ3v) is 3.94. The van der Waals surface area contributed by atoms with Crippen LogP contribution in [0.15, 0.2) is 24.4 Å². The molecule has 1 aliphatic carbocycles. The van der Waals surface area contributed by atoms with Gasteiger partial charge in [0.2, 0.25) is 0 Å². The second-order valence-electron chi connectivity index (χ2n) is 5.79. The third-order valence-electron chi connectivity index (χ3n) is 3.94. The number of hydrogen-bond donors (Lipinski definition) is 0. The lowest BCUT2D eigenvalue weighted by Gasteiger charge is -2.12. The molecule has 0 saturated heterocycles. The Bertz CT molecular complexity index is 669. The molecule has 21 heavy (non-hydrogen) atoms. The summed E-state index contributed by atoms with van der Waals surface area (Å²) in [5.74, 6) is 0.395. The summed E-state index contributed by atoms with van der Waals surface area (Å²) in [4.78, 5) is 3.84. The van der Waals surface area contributed by atoms with E-state index in [4.69, 9.17) is 0 Å². The van der Waals surface area contributed by atoms with E-state index in [0.717, 1.165) is 31.0 Å². The van der Waals surface area contributed by atoms with E-state index in [0.29, 0.717) is 5.82 Å². The number of alkyl halides is 3. The summed E-state index contributed by atoms with van der Waals surface area (Å²) in [5, 5.41) is 0. The van der Waals surface area contributed by atoms with E-state index in [1.807, 2.05) is 32.0 Å². The normalized spacial score (nSPS) is 14.8. The summed E-state index contributed by atoms with van der Waals surface area (Å²) in [6, 6.07) is 5.82. The summed E-state index contributed by atoms with van der Waals surface area (Å²) >= 11 is 0. The minimum atomic E-state index is -4.41. The molecule has 0 atom stereocenters. The van der Waals surface area contributed by atoms with Crippen molar-refractivity contribution >= 4 is 0 Å². The van der Waals surface area contributed by atoms with Crippen molar-refractivity contribution in [2.45, 2.75) is 45.3 Å². The highest BCUT2D eigenvalue weighted by Crippen LogP contribution is 2.34. The summed E-state index contributed by atoms with van der Waals surface area (Å²) in [5.41, 5.74) is 2.48. The molecule has 0 radical (unpaired) electrons. The first-order chi connectivity index (χ1) is 9.86. The molecule has 1 aliphatic rings. The monoisotopic (exact) mass is 294 g/mol. The van der Waals surface area contributed by atoms with Gasteiger partial charge in [0.05, 0.1) is 0 Å². The molecular formula is C16H17F3N2. The van der Waals surface area contributed by atoms with Gasteiger partial charge < -0.3 is 4.57 Å². The molecule has 0 aliphatic heterocycles. The molecule has 5 heteroatoms. The minimum absolute atomic E-state index is 0.0724. The number of hydrogen-bond acceptors (Lipinski definition) is 1. The van der Waals surface area contributed by atoms with Gasteiger partial charge in [0.1, 0.15) is 5.82 Å². The van der Waals surface area contributed by atoms with Gasteiger partial charge in [0.15, 0.2) is 5.69 Å². The Hall–Kier alpha value is -1.78. The first-order valence-electron chi connectivity index (χ1n) is 7.14. The van der Waals surface area contributed by atoms with Crippen LogP contribution in [0.5, 0.6) is 0 Å². The van der Waals surface area contributed by atoms with Crippen LogP contribution in [0.4, 0.5) is 13.2 Å². The quantitative estimate of drug-likeness (QED) is 0.789. The maximum atomic E-state index is 12.9. The molecule has 0 spiro atoms. The fraction of sp³-hybridized carbons (Fsp3) is 0.438. The molecule has 0 unspecified atom stereocenters. The van der Waals surface area contributed by atoms with Crippen molar-refractivity contribution < 1.29 is 13.2 Å². The fourth-order valence-electron chi connectivity index (χ4n) is 2.85. The Kier molecular flexibility index (Phi) is 3.30. The van der Waals surface area contributed by atoms with Crippen molar-refractivity contribution in [3.63, 3.8) is 0 Å². The number of rotatable bonds is 2. The van der Waals surface area contributed by atoms with Gasteiger partial charge in [0, 0.05) is 17.8 Å². The molecule has 2 aromatic rings. The molecule has 1 heterocycles. The molecule has 1 aromatic heterocycles. The predicted molar refractivity (Wildman–Crippen MR) is 75.1 cm³/mol. The van der Waals surface area contributed by atoms with Gasteiger partial charge in [-0.15, -0.1) is 0 Å². The Labute approximate surface area is 121 Å². The summed E-state index contributed by atoms with van der Waals surface area (Å²) < 4.78 is 40.3. The molecule has 0 amide bonds. The number of aryl methyl sites for hydroxylation is 2. The Morgan fingerprint density at radius 3 is 2.52 bits per heavy atom. The highest BCUT2D eigenvalue weighted by Gasteiger charge is 2.35. The van der Waals surface area contributed by atoms with Crippen LogP contribution in [0.3, 0.4) is 0 Å². The van der Waals surface area contributed by atoms with E-state index in [1.165, 1.54) is 11.1 Å². The van der Waals surface area contributed by atoms with Crippen molar-refractivity contribution in [2.24, 2.45) is 0 Å². The second-order valence-corrected chi connectivity index (χ2v) is 5.79. The molecule has 0 N–H and O–H groups in total. The first-order valence-corrected chi connectivity index (χ1v) is 7.14. The summed E-state index contributed by atoms with van der Waals surface area (Å²) in [6.07, 6.45) is -0.135. The largest absolute Gasteiger partial charge is 0.434 e. The van der Waals surface area contributed by atoms with Crippen molar-refractivity contribution in [3.8, 4) is 11.4 Å². The molecule has 0 fully saturated rings. The molecule has 112 valence electrons. The van der Waals surface area contributed by atoms with Crippen LogP contribution < -0.4 is 0 Å². The average Bonchev–Trinajstić information content (AvgIpc) is 3.03. The van der Waals surface area contributed by atoms with Gasteiger partial charge in [0.25, 0.3) is 0 Å². The van der Waals surface area contributed by atoms with Crippen molar-refractivity contribution in [1.29, 1.82) is 0 Å². The number of aromatic nitrogens is 2. The van der Waals surface area contributed by atoms with Crippen LogP contribution in [0, 0.1) is 0 Å². The van der Waals surface area contributed by atoms with Crippen LogP contribution in [0.1, 0.15) is 43.1 Å². The summed E-state index contributed by atoms with van der Waals surface area (Å²) in [6.45, 7) is 3.72. The van der Waals surface area contributed by atoms with Gasteiger partial charge in [-0.3, -0.25) is 0 Å². The predicted octanol–water partition coefficient (Wildman–Crippen LogP) is 4.64. The van der Waals surface area contributed by atoms with Crippen LogP contribution in [0.25, 0.3) is 11.4 Å². The minimum Gasteiger partial charge on any atom is -0.328 e. The van der Waals surface area contributed by atoms with Crippen LogP contribution >= 0.6 is 0 Å². The lowest BCUT2D eigenvalue weighted by Crippen LogP contribution is -2.05. The van der Waals surface area contributed by atoms with Crippen LogP contribution in [-0.4, -0.2) is 9.55 Å². The van der Waals surface area contributed by atoms with Crippen molar-refractivity contribution in [1.82, 2.24) is 9.55 Å². The average molecular weight is 294 g/mol. The molecule has 2 nitrogen and oxygen atoms in total. The Morgan fingerprint density at radius 1 is 1.14 bits per heavy atom. The number of fused-ring (bicyclic) bond motifs is 1. The van der Waals surface area contributed by atoms with Gasteiger partial charge in [-0.1, -0.05) is 12.1 Å². The van der Waals surface area contributed by atoms with Crippen molar-refractivity contribution in [3.05, 3.63) is 41.2 Å². The zero-order valence-corrected chi connectivity index (χ0v) is 12.0. The van der Waals surface area contributed by atoms with E-state index in [1.54, 1.807) is 4.57 Å². The second kappa shape index (κ2) is 4.90. The Balaban J connectivity index is 2.10. The third kappa shape index (κ3) is 2.57. The lowest BCUT2D eigenvalue weighted by atomic mass is 10.1. The number of imidazole rings is 1. The van der Waals surface area contributed by atoms with Gasteiger partial charge in [-0.25, -0.2) is 4.98 Å². The standard InChI is InChI=1S/C16H17F3N2/c1-10(2)21-9-14(16(17,18)19)20-15(21)13-7-6-11-4-3-5-12(11)8-13/h6-10H,3-5H2,1-2H3. The summed E-state index contributed by atoms with van der Waals surface area (Å²) in [7, 11) is 0. The maximum Gasteiger partial charge on any atom is 0.434 e. The zero-order chi connectivity index (χ0) is 15.2. The molecule has 0 saturated carbocycles. The van der Waals surface area contributed by atoms with Gasteiger partial charge in [-0.2, -0.15) is 13.2 Å². The maximum absolute atomic E-state index is 12.9.